The van der Waals surface area contributed by atoms with Gasteiger partial charge in [-0.1, -0.05) is 0 Å². The quantitative estimate of drug-likeness (QED) is 0.471. The van der Waals surface area contributed by atoms with Gasteiger partial charge in [-0.25, -0.2) is 13.1 Å². The van der Waals surface area contributed by atoms with Crippen LogP contribution in [0, 0.1) is 22.0 Å². The van der Waals surface area contributed by atoms with Gasteiger partial charge in [-0.05, 0) is 43.6 Å². The molecule has 114 valence electrons. The maximum absolute atomic E-state index is 12.5. The van der Waals surface area contributed by atoms with E-state index in [-0.39, 0.29) is 22.3 Å². The van der Waals surface area contributed by atoms with Crippen molar-refractivity contribution in [3.05, 3.63) is 28.3 Å². The maximum atomic E-state index is 12.5. The summed E-state index contributed by atoms with van der Waals surface area (Å²) in [6.45, 7) is 0. The van der Waals surface area contributed by atoms with Crippen molar-refractivity contribution in [2.24, 2.45) is 11.8 Å². The average molecular weight is 311 g/mol. The second-order valence-corrected chi connectivity index (χ2v) is 7.48. The largest absolute Gasteiger partial charge is 0.398 e. The molecule has 8 heteroatoms. The SMILES string of the molecule is Nc1ccc([N+](=O)[O-])cc1S(=O)(=O)NC(C1CC1)C1CC1. The molecule has 21 heavy (non-hydrogen) atoms. The number of nitro benzene ring substituents is 1. The van der Waals surface area contributed by atoms with Gasteiger partial charge in [-0.3, -0.25) is 10.1 Å². The molecule has 0 spiro atoms. The molecule has 0 aliphatic heterocycles. The van der Waals surface area contributed by atoms with Crippen LogP contribution in [-0.4, -0.2) is 19.4 Å². The normalized spacial score (nSPS) is 18.9. The van der Waals surface area contributed by atoms with Crippen molar-refractivity contribution in [3.63, 3.8) is 0 Å². The highest BCUT2D eigenvalue weighted by Gasteiger charge is 2.43. The minimum absolute atomic E-state index is 0.0263. The summed E-state index contributed by atoms with van der Waals surface area (Å²) in [7, 11) is -3.84. The third-order valence-corrected chi connectivity index (χ3v) is 5.56. The zero-order chi connectivity index (χ0) is 15.2. The van der Waals surface area contributed by atoms with Gasteiger partial charge < -0.3 is 5.73 Å². The number of hydrogen-bond acceptors (Lipinski definition) is 5. The van der Waals surface area contributed by atoms with E-state index in [0.717, 1.165) is 31.7 Å². The molecule has 1 aromatic carbocycles. The molecule has 0 saturated heterocycles. The van der Waals surface area contributed by atoms with Gasteiger partial charge in [-0.15, -0.1) is 0 Å². The summed E-state index contributed by atoms with van der Waals surface area (Å²) in [6.07, 6.45) is 4.14. The summed E-state index contributed by atoms with van der Waals surface area (Å²) in [5.41, 5.74) is 5.44. The Morgan fingerprint density at radius 3 is 2.29 bits per heavy atom. The molecule has 0 aromatic heterocycles. The fourth-order valence-corrected chi connectivity index (χ4v) is 4.12. The lowest BCUT2D eigenvalue weighted by Gasteiger charge is -2.18. The smallest absolute Gasteiger partial charge is 0.270 e. The number of sulfonamides is 1. The van der Waals surface area contributed by atoms with Gasteiger partial charge in [0.1, 0.15) is 4.90 Å². The Morgan fingerprint density at radius 2 is 1.81 bits per heavy atom. The van der Waals surface area contributed by atoms with Crippen LogP contribution in [0.4, 0.5) is 11.4 Å². The lowest BCUT2D eigenvalue weighted by atomic mass is 10.1. The number of rotatable bonds is 6. The Bertz CT molecular complexity index is 669. The number of anilines is 1. The third-order valence-electron chi connectivity index (χ3n) is 4.05. The zero-order valence-corrected chi connectivity index (χ0v) is 12.2. The molecule has 2 aliphatic rings. The van der Waals surface area contributed by atoms with Crippen molar-refractivity contribution in [2.45, 2.75) is 36.6 Å². The number of nitrogens with one attached hydrogen (secondary N) is 1. The summed E-state index contributed by atoms with van der Waals surface area (Å²) in [6, 6.07) is 3.42. The Morgan fingerprint density at radius 1 is 1.24 bits per heavy atom. The van der Waals surface area contributed by atoms with E-state index < -0.39 is 14.9 Å². The average Bonchev–Trinajstić information content (AvgIpc) is 3.28. The van der Waals surface area contributed by atoms with Crippen LogP contribution in [0.1, 0.15) is 25.7 Å². The van der Waals surface area contributed by atoms with Crippen LogP contribution in [0.5, 0.6) is 0 Å². The summed E-state index contributed by atoms with van der Waals surface area (Å²) in [5, 5.41) is 10.8. The van der Waals surface area contributed by atoms with Crippen molar-refractivity contribution in [2.75, 3.05) is 5.73 Å². The Hall–Kier alpha value is -1.67. The van der Waals surface area contributed by atoms with Gasteiger partial charge in [-0.2, -0.15) is 0 Å². The lowest BCUT2D eigenvalue weighted by molar-refractivity contribution is -0.385. The second kappa shape index (κ2) is 4.96. The first kappa shape index (κ1) is 14.3. The van der Waals surface area contributed by atoms with E-state index in [2.05, 4.69) is 4.72 Å². The summed E-state index contributed by atoms with van der Waals surface area (Å²) >= 11 is 0. The van der Waals surface area contributed by atoms with Crippen molar-refractivity contribution >= 4 is 21.4 Å². The van der Waals surface area contributed by atoms with E-state index in [9.17, 15) is 18.5 Å². The van der Waals surface area contributed by atoms with Gasteiger partial charge in [0, 0.05) is 18.2 Å². The third kappa shape index (κ3) is 3.01. The molecule has 2 fully saturated rings. The topological polar surface area (TPSA) is 115 Å². The predicted molar refractivity (Wildman–Crippen MR) is 77.1 cm³/mol. The molecule has 0 amide bonds. The number of nitro groups is 1. The Kier molecular flexibility index (Phi) is 3.37. The molecule has 7 nitrogen and oxygen atoms in total. The Balaban J connectivity index is 1.90. The first-order valence-electron chi connectivity index (χ1n) is 6.95. The van der Waals surface area contributed by atoms with Crippen LogP contribution in [0.25, 0.3) is 0 Å². The Labute approximate surface area is 122 Å². The molecule has 0 unspecified atom stereocenters. The first-order valence-corrected chi connectivity index (χ1v) is 8.43. The molecular weight excluding hydrogens is 294 g/mol. The fourth-order valence-electron chi connectivity index (χ4n) is 2.60. The molecule has 0 bridgehead atoms. The summed E-state index contributed by atoms with van der Waals surface area (Å²) in [5.74, 6) is 0.791. The minimum Gasteiger partial charge on any atom is -0.398 e. The van der Waals surface area contributed by atoms with E-state index in [1.54, 1.807) is 0 Å². The van der Waals surface area contributed by atoms with Gasteiger partial charge in [0.05, 0.1) is 10.6 Å². The molecule has 2 aliphatic carbocycles. The highest BCUT2D eigenvalue weighted by molar-refractivity contribution is 7.89. The van der Waals surface area contributed by atoms with Crippen molar-refractivity contribution in [1.29, 1.82) is 0 Å². The van der Waals surface area contributed by atoms with Crippen LogP contribution in [0.3, 0.4) is 0 Å². The number of non-ortho nitro benzene ring substituents is 1. The van der Waals surface area contributed by atoms with Gasteiger partial charge in [0.15, 0.2) is 0 Å². The van der Waals surface area contributed by atoms with Gasteiger partial charge >= 0.3 is 0 Å². The number of nitrogens with zero attached hydrogens (tertiary/aromatic N) is 1. The van der Waals surface area contributed by atoms with Crippen LogP contribution in [0.2, 0.25) is 0 Å². The fraction of sp³-hybridized carbons (Fsp3) is 0.538. The van der Waals surface area contributed by atoms with E-state index in [1.165, 1.54) is 12.1 Å². The number of benzene rings is 1. The maximum Gasteiger partial charge on any atom is 0.270 e. The monoisotopic (exact) mass is 311 g/mol. The van der Waals surface area contributed by atoms with E-state index in [1.807, 2.05) is 0 Å². The lowest BCUT2D eigenvalue weighted by Crippen LogP contribution is -2.38. The number of nitrogens with two attached hydrogens (primary N) is 1. The van der Waals surface area contributed by atoms with Crippen LogP contribution in [-0.2, 0) is 10.0 Å². The van der Waals surface area contributed by atoms with Crippen molar-refractivity contribution in [1.82, 2.24) is 4.72 Å². The highest BCUT2D eigenvalue weighted by atomic mass is 32.2. The van der Waals surface area contributed by atoms with E-state index in [4.69, 9.17) is 5.73 Å². The van der Waals surface area contributed by atoms with E-state index in [0.29, 0.717) is 11.8 Å². The molecule has 0 heterocycles. The van der Waals surface area contributed by atoms with Crippen LogP contribution >= 0.6 is 0 Å². The number of hydrogen-bond donors (Lipinski definition) is 2. The minimum atomic E-state index is -3.84. The van der Waals surface area contributed by atoms with Gasteiger partial charge in [0.25, 0.3) is 5.69 Å². The van der Waals surface area contributed by atoms with E-state index >= 15 is 0 Å². The highest BCUT2D eigenvalue weighted by Crippen LogP contribution is 2.45. The predicted octanol–water partition coefficient (Wildman–Crippen LogP) is 1.64. The summed E-state index contributed by atoms with van der Waals surface area (Å²) in [4.78, 5) is 9.97. The molecule has 0 atom stereocenters. The molecule has 3 rings (SSSR count). The van der Waals surface area contributed by atoms with Crippen molar-refractivity contribution in [3.8, 4) is 0 Å². The molecule has 3 N–H and O–H groups in total. The standard InChI is InChI=1S/C13H17N3O4S/c14-11-6-5-10(16(17)18)7-12(11)21(19,20)15-13(8-1-2-8)9-3-4-9/h5-9,13,15H,1-4,14H2. The summed E-state index contributed by atoms with van der Waals surface area (Å²) < 4.78 is 27.7. The zero-order valence-electron chi connectivity index (χ0n) is 11.4. The number of nitrogen functional groups attached to an aromatic ring is 1. The molecule has 1 aromatic rings. The second-order valence-electron chi connectivity index (χ2n) is 5.80. The molecule has 2 saturated carbocycles. The van der Waals surface area contributed by atoms with Crippen LogP contribution in [0.15, 0.2) is 23.1 Å². The van der Waals surface area contributed by atoms with Crippen molar-refractivity contribution < 1.29 is 13.3 Å². The molecule has 0 radical (unpaired) electrons. The van der Waals surface area contributed by atoms with Crippen LogP contribution < -0.4 is 10.5 Å². The first-order chi connectivity index (χ1) is 9.88. The molecular formula is C13H17N3O4S. The van der Waals surface area contributed by atoms with Gasteiger partial charge in [0.2, 0.25) is 10.0 Å².